The van der Waals surface area contributed by atoms with Crippen LogP contribution in [0.25, 0.3) is 0 Å². The Hall–Kier alpha value is 0.210. The van der Waals surface area contributed by atoms with Crippen LogP contribution in [0, 0.1) is 0 Å². The minimum absolute atomic E-state index is 0. The first-order chi connectivity index (χ1) is 3.68. The molecule has 0 aliphatic carbocycles. The van der Waals surface area contributed by atoms with Crippen LogP contribution in [0.1, 0.15) is 26.7 Å². The Morgan fingerprint density at radius 3 is 2.11 bits per heavy atom. The van der Waals surface area contributed by atoms with E-state index in [-0.39, 0.29) is 24.6 Å². The standard InChI is InChI=1S/C6H15NO.ClH/c1-3-4-6(7)5(2)8;/h5-6,8H,3-4,7H2,1-2H3;1H/t5-,6-;/m1./s1. The topological polar surface area (TPSA) is 46.2 Å². The lowest BCUT2D eigenvalue weighted by Gasteiger charge is -2.11. The molecule has 2 atom stereocenters. The molecular formula is C6H16ClNO. The van der Waals surface area contributed by atoms with Gasteiger partial charge in [0.2, 0.25) is 0 Å². The quantitative estimate of drug-likeness (QED) is 0.634. The average molecular weight is 154 g/mol. The van der Waals surface area contributed by atoms with Gasteiger partial charge in [0.1, 0.15) is 0 Å². The number of rotatable bonds is 3. The van der Waals surface area contributed by atoms with Crippen LogP contribution in [0.3, 0.4) is 0 Å². The van der Waals surface area contributed by atoms with Crippen molar-refractivity contribution >= 4 is 12.4 Å². The highest BCUT2D eigenvalue weighted by Gasteiger charge is 2.05. The van der Waals surface area contributed by atoms with E-state index in [1.807, 2.05) is 0 Å². The van der Waals surface area contributed by atoms with E-state index in [2.05, 4.69) is 6.92 Å². The van der Waals surface area contributed by atoms with Crippen LogP contribution in [-0.2, 0) is 0 Å². The predicted octanol–water partition coefficient (Wildman–Crippen LogP) is 0.916. The number of hydrogen-bond acceptors (Lipinski definition) is 2. The third kappa shape index (κ3) is 6.09. The Labute approximate surface area is 62.9 Å². The van der Waals surface area contributed by atoms with E-state index < -0.39 is 0 Å². The molecule has 0 radical (unpaired) electrons. The molecule has 0 amide bonds. The highest BCUT2D eigenvalue weighted by Crippen LogP contribution is 1.96. The molecule has 0 saturated carbocycles. The minimum Gasteiger partial charge on any atom is -0.392 e. The van der Waals surface area contributed by atoms with Gasteiger partial charge < -0.3 is 10.8 Å². The van der Waals surface area contributed by atoms with Gasteiger partial charge in [0.05, 0.1) is 6.10 Å². The number of aliphatic hydroxyl groups is 1. The largest absolute Gasteiger partial charge is 0.392 e. The van der Waals surface area contributed by atoms with Crippen molar-refractivity contribution in [3.05, 3.63) is 0 Å². The molecule has 0 aliphatic heterocycles. The highest BCUT2D eigenvalue weighted by molar-refractivity contribution is 5.85. The summed E-state index contributed by atoms with van der Waals surface area (Å²) < 4.78 is 0. The highest BCUT2D eigenvalue weighted by atomic mass is 35.5. The molecule has 0 spiro atoms. The Morgan fingerprint density at radius 1 is 1.56 bits per heavy atom. The molecule has 0 saturated heterocycles. The van der Waals surface area contributed by atoms with Gasteiger partial charge in [0.25, 0.3) is 0 Å². The van der Waals surface area contributed by atoms with Crippen molar-refractivity contribution in [2.45, 2.75) is 38.8 Å². The predicted molar refractivity (Wildman–Crippen MR) is 41.8 cm³/mol. The number of aliphatic hydroxyl groups excluding tert-OH is 1. The molecule has 0 fully saturated rings. The first kappa shape index (κ1) is 11.9. The van der Waals surface area contributed by atoms with Gasteiger partial charge in [-0.05, 0) is 13.3 Å². The summed E-state index contributed by atoms with van der Waals surface area (Å²) in [4.78, 5) is 0. The molecule has 0 bridgehead atoms. The van der Waals surface area contributed by atoms with Crippen LogP contribution in [-0.4, -0.2) is 17.3 Å². The molecule has 0 aromatic heterocycles. The number of hydrogen-bond donors (Lipinski definition) is 2. The first-order valence-electron chi connectivity index (χ1n) is 3.12. The van der Waals surface area contributed by atoms with Crippen LogP contribution >= 0.6 is 12.4 Å². The third-order valence-corrected chi connectivity index (χ3v) is 1.24. The van der Waals surface area contributed by atoms with Gasteiger partial charge in [0, 0.05) is 6.04 Å². The fourth-order valence-corrected chi connectivity index (χ4v) is 0.575. The molecular weight excluding hydrogens is 138 g/mol. The molecule has 0 rings (SSSR count). The van der Waals surface area contributed by atoms with Crippen molar-refractivity contribution in [2.75, 3.05) is 0 Å². The summed E-state index contributed by atoms with van der Waals surface area (Å²) in [6.07, 6.45) is 1.61. The summed E-state index contributed by atoms with van der Waals surface area (Å²) in [5, 5.41) is 8.83. The van der Waals surface area contributed by atoms with Gasteiger partial charge in [-0.15, -0.1) is 12.4 Å². The van der Waals surface area contributed by atoms with Crippen LogP contribution < -0.4 is 5.73 Å². The van der Waals surface area contributed by atoms with Crippen LogP contribution in [0.5, 0.6) is 0 Å². The second-order valence-corrected chi connectivity index (χ2v) is 2.19. The van der Waals surface area contributed by atoms with E-state index >= 15 is 0 Å². The molecule has 0 aromatic carbocycles. The van der Waals surface area contributed by atoms with E-state index in [9.17, 15) is 0 Å². The molecule has 2 nitrogen and oxygen atoms in total. The lowest BCUT2D eigenvalue weighted by atomic mass is 10.1. The fourth-order valence-electron chi connectivity index (χ4n) is 0.575. The van der Waals surface area contributed by atoms with Gasteiger partial charge in [0.15, 0.2) is 0 Å². The minimum atomic E-state index is -0.352. The normalized spacial score (nSPS) is 16.0. The van der Waals surface area contributed by atoms with Crippen molar-refractivity contribution in [1.82, 2.24) is 0 Å². The number of nitrogens with two attached hydrogens (primary N) is 1. The van der Waals surface area contributed by atoms with E-state index in [0.717, 1.165) is 12.8 Å². The Bertz CT molecular complexity index is 59.0. The molecule has 0 unspecified atom stereocenters. The second-order valence-electron chi connectivity index (χ2n) is 2.19. The SMILES string of the molecule is CCC[C@@H](N)[C@@H](C)O.Cl. The van der Waals surface area contributed by atoms with E-state index in [0.29, 0.717) is 0 Å². The van der Waals surface area contributed by atoms with Crippen molar-refractivity contribution in [1.29, 1.82) is 0 Å². The molecule has 3 heteroatoms. The summed E-state index contributed by atoms with van der Waals surface area (Å²) >= 11 is 0. The van der Waals surface area contributed by atoms with E-state index in [4.69, 9.17) is 10.8 Å². The molecule has 3 N–H and O–H groups in total. The van der Waals surface area contributed by atoms with Gasteiger partial charge in [-0.2, -0.15) is 0 Å². The zero-order valence-corrected chi connectivity index (χ0v) is 6.82. The molecule has 9 heavy (non-hydrogen) atoms. The van der Waals surface area contributed by atoms with E-state index in [1.165, 1.54) is 0 Å². The van der Waals surface area contributed by atoms with Crippen LogP contribution in [0.15, 0.2) is 0 Å². The summed E-state index contributed by atoms with van der Waals surface area (Å²) in [6, 6.07) is -0.0278. The molecule has 0 aliphatic rings. The van der Waals surface area contributed by atoms with Crippen molar-refractivity contribution in [3.63, 3.8) is 0 Å². The van der Waals surface area contributed by atoms with Gasteiger partial charge in [-0.25, -0.2) is 0 Å². The van der Waals surface area contributed by atoms with Crippen molar-refractivity contribution in [2.24, 2.45) is 5.73 Å². The van der Waals surface area contributed by atoms with Crippen LogP contribution in [0.2, 0.25) is 0 Å². The summed E-state index contributed by atoms with van der Waals surface area (Å²) in [6.45, 7) is 3.78. The van der Waals surface area contributed by atoms with Crippen LogP contribution in [0.4, 0.5) is 0 Å². The lowest BCUT2D eigenvalue weighted by molar-refractivity contribution is 0.159. The van der Waals surface area contributed by atoms with Crippen molar-refractivity contribution < 1.29 is 5.11 Å². The van der Waals surface area contributed by atoms with Gasteiger partial charge in [-0.1, -0.05) is 13.3 Å². The second kappa shape index (κ2) is 6.33. The maximum Gasteiger partial charge on any atom is 0.0662 e. The zero-order chi connectivity index (χ0) is 6.57. The molecule has 0 heterocycles. The number of halogens is 1. The Balaban J connectivity index is 0. The van der Waals surface area contributed by atoms with Gasteiger partial charge in [-0.3, -0.25) is 0 Å². The average Bonchev–Trinajstić information content (AvgIpc) is 1.67. The van der Waals surface area contributed by atoms with Gasteiger partial charge >= 0.3 is 0 Å². The Morgan fingerprint density at radius 2 is 2.00 bits per heavy atom. The first-order valence-corrected chi connectivity index (χ1v) is 3.12. The summed E-state index contributed by atoms with van der Waals surface area (Å²) in [7, 11) is 0. The fraction of sp³-hybridized carbons (Fsp3) is 1.00. The Kier molecular flexibility index (Phi) is 8.40. The maximum absolute atomic E-state index is 8.83. The third-order valence-electron chi connectivity index (χ3n) is 1.24. The van der Waals surface area contributed by atoms with Crippen molar-refractivity contribution in [3.8, 4) is 0 Å². The summed E-state index contributed by atoms with van der Waals surface area (Å²) in [5.41, 5.74) is 5.48. The molecule has 58 valence electrons. The lowest BCUT2D eigenvalue weighted by Crippen LogP contribution is -2.31. The summed E-state index contributed by atoms with van der Waals surface area (Å²) in [5.74, 6) is 0. The maximum atomic E-state index is 8.83. The molecule has 0 aromatic rings. The van der Waals surface area contributed by atoms with E-state index in [1.54, 1.807) is 6.92 Å². The zero-order valence-electron chi connectivity index (χ0n) is 6.00. The smallest absolute Gasteiger partial charge is 0.0662 e. The monoisotopic (exact) mass is 153 g/mol.